The summed E-state index contributed by atoms with van der Waals surface area (Å²) in [5.74, 6) is -1.26. The molecule has 0 bridgehead atoms. The highest BCUT2D eigenvalue weighted by molar-refractivity contribution is 5.90. The van der Waals surface area contributed by atoms with Crippen LogP contribution < -0.4 is 4.90 Å². The summed E-state index contributed by atoms with van der Waals surface area (Å²) in [7, 11) is 0. The van der Waals surface area contributed by atoms with E-state index >= 15 is 0 Å². The second kappa shape index (κ2) is 7.22. The zero-order valence-electron chi connectivity index (χ0n) is 11.5. The van der Waals surface area contributed by atoms with Crippen LogP contribution in [0.3, 0.4) is 0 Å². The molecule has 7 nitrogen and oxygen atoms in total. The van der Waals surface area contributed by atoms with Crippen LogP contribution in [0.5, 0.6) is 0 Å². The Morgan fingerprint density at radius 2 is 2.25 bits per heavy atom. The maximum atomic E-state index is 11.6. The molecule has 0 aliphatic carbocycles. The molecule has 1 aromatic rings. The largest absolute Gasteiger partial charge is 0.480 e. The van der Waals surface area contributed by atoms with Crippen molar-refractivity contribution in [2.75, 3.05) is 24.6 Å². The van der Waals surface area contributed by atoms with Crippen molar-refractivity contribution in [3.05, 3.63) is 30.1 Å². The van der Waals surface area contributed by atoms with Gasteiger partial charge in [0.25, 0.3) is 0 Å². The van der Waals surface area contributed by atoms with E-state index in [0.717, 1.165) is 0 Å². The molecule has 0 aromatic carbocycles. The summed E-state index contributed by atoms with van der Waals surface area (Å²) in [6.07, 6.45) is 2.90. The number of rotatable bonds is 7. The number of carbonyl (C=O) groups is 2. The highest BCUT2D eigenvalue weighted by Gasteiger charge is 2.16. The third-order valence-electron chi connectivity index (χ3n) is 2.42. The van der Waals surface area contributed by atoms with Gasteiger partial charge in [-0.15, -0.1) is 6.58 Å². The number of carboxylic acids is 1. The number of aliphatic carboxylic acids is 1. The number of carbonyl (C=O) groups excluding carboxylic acids is 1. The number of esters is 1. The summed E-state index contributed by atoms with van der Waals surface area (Å²) in [6, 6.07) is 0. The molecule has 0 saturated heterocycles. The molecular formula is C13H17N3O4. The summed E-state index contributed by atoms with van der Waals surface area (Å²) < 4.78 is 4.88. The van der Waals surface area contributed by atoms with Crippen molar-refractivity contribution in [1.29, 1.82) is 0 Å². The van der Waals surface area contributed by atoms with Crippen LogP contribution in [0.25, 0.3) is 0 Å². The van der Waals surface area contributed by atoms with E-state index in [4.69, 9.17) is 9.84 Å². The minimum absolute atomic E-state index is 0.234. The first-order valence-electron chi connectivity index (χ1n) is 6.08. The smallest absolute Gasteiger partial charge is 0.341 e. The van der Waals surface area contributed by atoms with Gasteiger partial charge in [0, 0.05) is 12.7 Å². The zero-order chi connectivity index (χ0) is 15.1. The van der Waals surface area contributed by atoms with Crippen LogP contribution in [0.4, 0.5) is 5.95 Å². The van der Waals surface area contributed by atoms with E-state index in [1.165, 1.54) is 11.1 Å². The van der Waals surface area contributed by atoms with E-state index in [1.54, 1.807) is 19.9 Å². The predicted octanol–water partition coefficient (Wildman–Crippen LogP) is 1.04. The Labute approximate surface area is 116 Å². The Kier molecular flexibility index (Phi) is 5.64. The van der Waals surface area contributed by atoms with Gasteiger partial charge in [-0.05, 0) is 13.8 Å². The summed E-state index contributed by atoms with van der Waals surface area (Å²) in [6.45, 7) is 7.23. The Bertz CT molecular complexity index is 516. The zero-order valence-corrected chi connectivity index (χ0v) is 11.5. The molecule has 0 amide bonds. The molecule has 1 heterocycles. The third kappa shape index (κ3) is 4.04. The predicted molar refractivity (Wildman–Crippen MR) is 72.8 cm³/mol. The molecule has 0 unspecified atom stereocenters. The number of aromatic nitrogens is 2. The molecule has 0 fully saturated rings. The van der Waals surface area contributed by atoms with Crippen molar-refractivity contribution >= 4 is 17.9 Å². The fraction of sp³-hybridized carbons (Fsp3) is 0.385. The molecular weight excluding hydrogens is 262 g/mol. The standard InChI is InChI=1S/C13H17N3O4/c1-4-6-16(8-11(17)18)13-14-7-10(9(3)15-13)12(19)20-5-2/h4,7H,1,5-6,8H2,2-3H3,(H,17,18). The number of hydrogen-bond acceptors (Lipinski definition) is 6. The molecule has 1 N–H and O–H groups in total. The van der Waals surface area contributed by atoms with Gasteiger partial charge >= 0.3 is 11.9 Å². The van der Waals surface area contributed by atoms with Crippen molar-refractivity contribution in [2.45, 2.75) is 13.8 Å². The van der Waals surface area contributed by atoms with Crippen LogP contribution in [-0.2, 0) is 9.53 Å². The van der Waals surface area contributed by atoms with Crippen LogP contribution in [0.2, 0.25) is 0 Å². The van der Waals surface area contributed by atoms with Gasteiger partial charge in [0.15, 0.2) is 0 Å². The van der Waals surface area contributed by atoms with Gasteiger partial charge in [0.05, 0.1) is 17.9 Å². The van der Waals surface area contributed by atoms with Gasteiger partial charge in [-0.2, -0.15) is 0 Å². The summed E-state index contributed by atoms with van der Waals surface area (Å²) >= 11 is 0. The molecule has 0 saturated carbocycles. The monoisotopic (exact) mass is 279 g/mol. The molecule has 108 valence electrons. The maximum absolute atomic E-state index is 11.6. The molecule has 0 aliphatic heterocycles. The van der Waals surface area contributed by atoms with Gasteiger partial charge in [-0.25, -0.2) is 14.8 Å². The molecule has 1 rings (SSSR count). The van der Waals surface area contributed by atoms with Crippen LogP contribution >= 0.6 is 0 Å². The van der Waals surface area contributed by atoms with Crippen LogP contribution in [0.15, 0.2) is 18.9 Å². The highest BCUT2D eigenvalue weighted by atomic mass is 16.5. The number of aryl methyl sites for hydroxylation is 1. The fourth-order valence-corrected chi connectivity index (χ4v) is 1.55. The van der Waals surface area contributed by atoms with E-state index < -0.39 is 11.9 Å². The van der Waals surface area contributed by atoms with Crippen molar-refractivity contribution in [1.82, 2.24) is 9.97 Å². The number of anilines is 1. The fourth-order valence-electron chi connectivity index (χ4n) is 1.55. The lowest BCUT2D eigenvalue weighted by Crippen LogP contribution is -2.31. The minimum Gasteiger partial charge on any atom is -0.480 e. The van der Waals surface area contributed by atoms with Crippen LogP contribution in [0, 0.1) is 6.92 Å². The van der Waals surface area contributed by atoms with Crippen molar-refractivity contribution in [3.63, 3.8) is 0 Å². The van der Waals surface area contributed by atoms with E-state index in [9.17, 15) is 9.59 Å². The minimum atomic E-state index is -0.998. The van der Waals surface area contributed by atoms with Gasteiger partial charge in [0.2, 0.25) is 5.95 Å². The number of hydrogen-bond donors (Lipinski definition) is 1. The lowest BCUT2D eigenvalue weighted by Gasteiger charge is -2.19. The number of nitrogens with zero attached hydrogens (tertiary/aromatic N) is 3. The molecule has 1 aromatic heterocycles. The second-order valence-corrected chi connectivity index (χ2v) is 3.95. The van der Waals surface area contributed by atoms with Gasteiger partial charge in [0.1, 0.15) is 6.54 Å². The van der Waals surface area contributed by atoms with Gasteiger partial charge in [-0.1, -0.05) is 6.08 Å². The van der Waals surface area contributed by atoms with Crippen LogP contribution in [0.1, 0.15) is 23.0 Å². The van der Waals surface area contributed by atoms with Crippen LogP contribution in [-0.4, -0.2) is 46.7 Å². The van der Waals surface area contributed by atoms with E-state index in [1.807, 2.05) is 0 Å². The third-order valence-corrected chi connectivity index (χ3v) is 2.42. The molecule has 0 atom stereocenters. The van der Waals surface area contributed by atoms with Crippen molar-refractivity contribution in [2.24, 2.45) is 0 Å². The quantitative estimate of drug-likeness (QED) is 0.588. The van der Waals surface area contributed by atoms with Crippen molar-refractivity contribution < 1.29 is 19.4 Å². The second-order valence-electron chi connectivity index (χ2n) is 3.95. The van der Waals surface area contributed by atoms with E-state index in [0.29, 0.717) is 12.2 Å². The molecule has 7 heteroatoms. The first-order chi connectivity index (χ1) is 9.49. The summed E-state index contributed by atoms with van der Waals surface area (Å²) in [4.78, 5) is 32.0. The average molecular weight is 279 g/mol. The Morgan fingerprint density at radius 1 is 1.55 bits per heavy atom. The summed E-state index contributed by atoms with van der Waals surface area (Å²) in [5, 5.41) is 8.85. The number of ether oxygens (including phenoxy) is 1. The van der Waals surface area contributed by atoms with E-state index in [-0.39, 0.29) is 24.7 Å². The lowest BCUT2D eigenvalue weighted by molar-refractivity contribution is -0.135. The normalized spacial score (nSPS) is 9.90. The SMILES string of the molecule is C=CCN(CC(=O)O)c1ncc(C(=O)OCC)c(C)n1. The lowest BCUT2D eigenvalue weighted by atomic mass is 10.2. The molecule has 20 heavy (non-hydrogen) atoms. The Morgan fingerprint density at radius 3 is 2.75 bits per heavy atom. The molecule has 0 radical (unpaired) electrons. The molecule has 0 spiro atoms. The molecule has 0 aliphatic rings. The number of carboxylic acid groups (broad SMARTS) is 1. The highest BCUT2D eigenvalue weighted by Crippen LogP contribution is 2.12. The van der Waals surface area contributed by atoms with E-state index in [2.05, 4.69) is 16.5 Å². The Balaban J connectivity index is 3.01. The van der Waals surface area contributed by atoms with Gasteiger partial charge < -0.3 is 14.7 Å². The van der Waals surface area contributed by atoms with Gasteiger partial charge in [-0.3, -0.25) is 4.79 Å². The summed E-state index contributed by atoms with van der Waals surface area (Å²) in [5.41, 5.74) is 0.706. The Hall–Kier alpha value is -2.44. The van der Waals surface area contributed by atoms with Crippen molar-refractivity contribution in [3.8, 4) is 0 Å². The first-order valence-corrected chi connectivity index (χ1v) is 6.08. The first kappa shape index (κ1) is 15.6. The maximum Gasteiger partial charge on any atom is 0.341 e. The topological polar surface area (TPSA) is 92.6 Å². The average Bonchev–Trinajstić information content (AvgIpc) is 2.37.